The maximum Gasteiger partial charge on any atom is 0.255 e. The second kappa shape index (κ2) is 7.77. The van der Waals surface area contributed by atoms with E-state index in [1.165, 1.54) is 0 Å². The van der Waals surface area contributed by atoms with Crippen LogP contribution in [0.2, 0.25) is 0 Å². The van der Waals surface area contributed by atoms with Gasteiger partial charge in [0.25, 0.3) is 5.91 Å². The molecule has 6 heteroatoms. The Bertz CT molecular complexity index is 525. The normalized spacial score (nSPS) is 14.8. The third-order valence-electron chi connectivity index (χ3n) is 3.86. The van der Waals surface area contributed by atoms with Crippen molar-refractivity contribution in [2.45, 2.75) is 26.7 Å². The predicted octanol–water partition coefficient (Wildman–Crippen LogP) is 1.60. The number of amides is 2. The van der Waals surface area contributed by atoms with E-state index in [1.807, 2.05) is 6.07 Å². The van der Waals surface area contributed by atoms with E-state index in [0.717, 1.165) is 25.1 Å². The molecule has 2 heterocycles. The lowest BCUT2D eigenvalue weighted by Gasteiger charge is -2.34. The number of rotatable bonds is 5. The summed E-state index contributed by atoms with van der Waals surface area (Å²) >= 11 is 0. The molecule has 0 aromatic carbocycles. The summed E-state index contributed by atoms with van der Waals surface area (Å²) in [6.07, 6.45) is 5.55. The summed E-state index contributed by atoms with van der Waals surface area (Å²) in [7, 11) is 0. The summed E-state index contributed by atoms with van der Waals surface area (Å²) in [5.41, 5.74) is 1.47. The van der Waals surface area contributed by atoms with Gasteiger partial charge in [-0.25, -0.2) is 0 Å². The van der Waals surface area contributed by atoms with Crippen molar-refractivity contribution in [3.8, 4) is 0 Å². The summed E-state index contributed by atoms with van der Waals surface area (Å²) in [5, 5.41) is 3.28. The van der Waals surface area contributed by atoms with Gasteiger partial charge >= 0.3 is 0 Å². The fourth-order valence-electron chi connectivity index (χ4n) is 2.47. The van der Waals surface area contributed by atoms with E-state index in [2.05, 4.69) is 17.2 Å². The molecule has 0 bridgehead atoms. The zero-order valence-electron chi connectivity index (χ0n) is 13.3. The molecule has 1 aromatic rings. The smallest absolute Gasteiger partial charge is 0.255 e. The highest BCUT2D eigenvalue weighted by Gasteiger charge is 2.23. The molecule has 1 saturated heterocycles. The minimum atomic E-state index is -0.0187. The Balaban J connectivity index is 1.95. The number of carbonyl (C=O) groups excluding carboxylic acids is 2. The number of pyridine rings is 1. The monoisotopic (exact) mass is 304 g/mol. The van der Waals surface area contributed by atoms with Gasteiger partial charge in [0.05, 0.1) is 11.3 Å². The minimum absolute atomic E-state index is 0.0187. The van der Waals surface area contributed by atoms with Crippen LogP contribution in [0.3, 0.4) is 0 Å². The number of piperazine rings is 1. The fourth-order valence-corrected chi connectivity index (χ4v) is 2.47. The number of carbonyl (C=O) groups is 2. The van der Waals surface area contributed by atoms with Crippen LogP contribution in [0.1, 0.15) is 37.0 Å². The molecule has 1 N–H and O–H groups in total. The molecule has 120 valence electrons. The van der Waals surface area contributed by atoms with Gasteiger partial charge in [-0.3, -0.25) is 14.6 Å². The highest BCUT2D eigenvalue weighted by Crippen LogP contribution is 2.13. The number of aromatic nitrogens is 1. The topological polar surface area (TPSA) is 65.5 Å². The Labute approximate surface area is 131 Å². The SMILES string of the molecule is CCCCNc1cncc(C(=O)N2CCN(C(C)=O)CC2)c1. The summed E-state index contributed by atoms with van der Waals surface area (Å²) < 4.78 is 0. The molecular weight excluding hydrogens is 280 g/mol. The summed E-state index contributed by atoms with van der Waals surface area (Å²) in [6.45, 7) is 6.93. The van der Waals surface area contributed by atoms with Crippen molar-refractivity contribution in [1.29, 1.82) is 0 Å². The second-order valence-electron chi connectivity index (χ2n) is 5.54. The van der Waals surface area contributed by atoms with E-state index in [1.54, 1.807) is 29.1 Å². The first-order valence-corrected chi connectivity index (χ1v) is 7.85. The van der Waals surface area contributed by atoms with Crippen LogP contribution in [0.15, 0.2) is 18.5 Å². The van der Waals surface area contributed by atoms with Gasteiger partial charge in [0.1, 0.15) is 0 Å². The van der Waals surface area contributed by atoms with Crippen molar-refractivity contribution in [3.05, 3.63) is 24.0 Å². The lowest BCUT2D eigenvalue weighted by atomic mass is 10.2. The van der Waals surface area contributed by atoms with Crippen molar-refractivity contribution in [3.63, 3.8) is 0 Å². The molecule has 2 rings (SSSR count). The van der Waals surface area contributed by atoms with Crippen molar-refractivity contribution in [2.24, 2.45) is 0 Å². The van der Waals surface area contributed by atoms with Gasteiger partial charge in [0.15, 0.2) is 0 Å². The Kier molecular flexibility index (Phi) is 5.75. The number of nitrogens with one attached hydrogen (secondary N) is 1. The molecule has 2 amide bonds. The van der Waals surface area contributed by atoms with Crippen LogP contribution in [-0.2, 0) is 4.79 Å². The summed E-state index contributed by atoms with van der Waals surface area (Å²) in [4.78, 5) is 31.5. The van der Waals surface area contributed by atoms with E-state index in [-0.39, 0.29) is 11.8 Å². The average Bonchev–Trinajstić information content (AvgIpc) is 2.55. The molecule has 1 aliphatic heterocycles. The van der Waals surface area contributed by atoms with Gasteiger partial charge in [-0.2, -0.15) is 0 Å². The van der Waals surface area contributed by atoms with Crippen LogP contribution in [0.25, 0.3) is 0 Å². The van der Waals surface area contributed by atoms with Gasteiger partial charge in [-0.1, -0.05) is 13.3 Å². The largest absolute Gasteiger partial charge is 0.384 e. The van der Waals surface area contributed by atoms with Crippen LogP contribution in [0.4, 0.5) is 5.69 Å². The molecule has 1 aliphatic rings. The zero-order chi connectivity index (χ0) is 15.9. The number of nitrogens with zero attached hydrogens (tertiary/aromatic N) is 3. The zero-order valence-corrected chi connectivity index (χ0v) is 13.3. The molecular formula is C16H24N4O2. The molecule has 1 aromatic heterocycles. The van der Waals surface area contributed by atoms with E-state index in [9.17, 15) is 9.59 Å². The van der Waals surface area contributed by atoms with Crippen molar-refractivity contribution in [1.82, 2.24) is 14.8 Å². The number of hydrogen-bond acceptors (Lipinski definition) is 4. The van der Waals surface area contributed by atoms with E-state index >= 15 is 0 Å². The lowest BCUT2D eigenvalue weighted by Crippen LogP contribution is -2.50. The van der Waals surface area contributed by atoms with Crippen LogP contribution in [-0.4, -0.2) is 59.3 Å². The maximum absolute atomic E-state index is 12.5. The molecule has 0 saturated carbocycles. The molecule has 0 atom stereocenters. The van der Waals surface area contributed by atoms with Gasteiger partial charge in [-0.15, -0.1) is 0 Å². The predicted molar refractivity (Wildman–Crippen MR) is 85.8 cm³/mol. The number of anilines is 1. The lowest BCUT2D eigenvalue weighted by molar-refractivity contribution is -0.130. The van der Waals surface area contributed by atoms with Gasteiger partial charge in [0, 0.05) is 52.0 Å². The standard InChI is InChI=1S/C16H24N4O2/c1-3-4-5-18-15-10-14(11-17-12-15)16(22)20-8-6-19(7-9-20)13(2)21/h10-12,18H,3-9H2,1-2H3. The molecule has 0 unspecified atom stereocenters. The third kappa shape index (κ3) is 4.19. The highest BCUT2D eigenvalue weighted by molar-refractivity contribution is 5.95. The van der Waals surface area contributed by atoms with E-state index in [4.69, 9.17) is 0 Å². The molecule has 0 radical (unpaired) electrons. The van der Waals surface area contributed by atoms with Crippen LogP contribution in [0, 0.1) is 0 Å². The van der Waals surface area contributed by atoms with Crippen molar-refractivity contribution >= 4 is 17.5 Å². The Morgan fingerprint density at radius 1 is 1.18 bits per heavy atom. The number of unbranched alkanes of at least 4 members (excludes halogenated alkanes) is 1. The molecule has 0 spiro atoms. The van der Waals surface area contributed by atoms with E-state index < -0.39 is 0 Å². The molecule has 0 aliphatic carbocycles. The Morgan fingerprint density at radius 2 is 1.86 bits per heavy atom. The second-order valence-corrected chi connectivity index (χ2v) is 5.54. The maximum atomic E-state index is 12.5. The van der Waals surface area contributed by atoms with Crippen LogP contribution < -0.4 is 5.32 Å². The molecule has 6 nitrogen and oxygen atoms in total. The number of hydrogen-bond donors (Lipinski definition) is 1. The highest BCUT2D eigenvalue weighted by atomic mass is 16.2. The molecule has 1 fully saturated rings. The van der Waals surface area contributed by atoms with E-state index in [0.29, 0.717) is 31.7 Å². The summed E-state index contributed by atoms with van der Waals surface area (Å²) in [5.74, 6) is 0.0470. The quantitative estimate of drug-likeness (QED) is 0.839. The van der Waals surface area contributed by atoms with Gasteiger partial charge in [0.2, 0.25) is 5.91 Å². The first-order valence-electron chi connectivity index (χ1n) is 7.85. The van der Waals surface area contributed by atoms with Crippen molar-refractivity contribution < 1.29 is 9.59 Å². The minimum Gasteiger partial charge on any atom is -0.384 e. The summed E-state index contributed by atoms with van der Waals surface area (Å²) in [6, 6.07) is 1.85. The molecule has 22 heavy (non-hydrogen) atoms. The van der Waals surface area contributed by atoms with Crippen LogP contribution >= 0.6 is 0 Å². The first kappa shape index (κ1) is 16.3. The fraction of sp³-hybridized carbons (Fsp3) is 0.562. The Hall–Kier alpha value is -2.11. The Morgan fingerprint density at radius 3 is 2.50 bits per heavy atom. The third-order valence-corrected chi connectivity index (χ3v) is 3.86. The average molecular weight is 304 g/mol. The van der Waals surface area contributed by atoms with Crippen molar-refractivity contribution in [2.75, 3.05) is 38.0 Å². The first-order chi connectivity index (χ1) is 10.6. The van der Waals surface area contributed by atoms with Gasteiger partial charge < -0.3 is 15.1 Å². The van der Waals surface area contributed by atoms with Crippen LogP contribution in [0.5, 0.6) is 0 Å². The van der Waals surface area contributed by atoms with Gasteiger partial charge in [-0.05, 0) is 12.5 Å².